The lowest BCUT2D eigenvalue weighted by atomic mass is 10.2. The number of pyridine rings is 1. The van der Waals surface area contributed by atoms with Crippen LogP contribution in [0.4, 0.5) is 11.5 Å². The molecule has 0 N–H and O–H groups in total. The molecule has 3 aromatic heterocycles. The molecule has 0 bridgehead atoms. The molecule has 0 aliphatic carbocycles. The molecule has 0 unspecified atom stereocenters. The number of aromatic nitrogens is 5. The first-order chi connectivity index (χ1) is 14.1. The number of piperazine rings is 1. The third-order valence-electron chi connectivity index (χ3n) is 5.41. The molecule has 8 heteroatoms. The molecule has 1 aliphatic rings. The molecule has 5 rings (SSSR count). The summed E-state index contributed by atoms with van der Waals surface area (Å²) in [4.78, 5) is 34.8. The van der Waals surface area contributed by atoms with Crippen molar-refractivity contribution in [3.63, 3.8) is 0 Å². The number of hydrogen-bond acceptors (Lipinski definition) is 7. The Balaban J connectivity index is 1.40. The average molecular weight is 387 g/mol. The molecule has 29 heavy (non-hydrogen) atoms. The van der Waals surface area contributed by atoms with Crippen LogP contribution in [-0.2, 0) is 7.05 Å². The van der Waals surface area contributed by atoms with Crippen LogP contribution in [0.1, 0.15) is 5.82 Å². The van der Waals surface area contributed by atoms with Gasteiger partial charge in [0.1, 0.15) is 11.6 Å². The molecule has 0 saturated carbocycles. The highest BCUT2D eigenvalue weighted by atomic mass is 16.1. The topological polar surface area (TPSA) is 80.0 Å². The zero-order valence-corrected chi connectivity index (χ0v) is 16.4. The number of fused-ring (bicyclic) bond motifs is 2. The van der Waals surface area contributed by atoms with E-state index in [-0.39, 0.29) is 5.56 Å². The van der Waals surface area contributed by atoms with Crippen LogP contribution in [0.15, 0.2) is 47.7 Å². The summed E-state index contributed by atoms with van der Waals surface area (Å²) in [7, 11) is 1.72. The highest BCUT2D eigenvalue weighted by molar-refractivity contribution is 5.87. The first-order valence-corrected chi connectivity index (χ1v) is 9.65. The predicted molar refractivity (Wildman–Crippen MR) is 113 cm³/mol. The Morgan fingerprint density at radius 1 is 0.931 bits per heavy atom. The van der Waals surface area contributed by atoms with Crippen molar-refractivity contribution < 1.29 is 0 Å². The smallest absolute Gasteiger partial charge is 0.260 e. The van der Waals surface area contributed by atoms with Gasteiger partial charge >= 0.3 is 0 Å². The van der Waals surface area contributed by atoms with Gasteiger partial charge in [-0.1, -0.05) is 0 Å². The molecule has 0 amide bonds. The number of nitrogens with zero attached hydrogens (tertiary/aromatic N) is 7. The van der Waals surface area contributed by atoms with Crippen molar-refractivity contribution >= 4 is 33.4 Å². The highest BCUT2D eigenvalue weighted by Crippen LogP contribution is 2.26. The Labute approximate surface area is 167 Å². The van der Waals surface area contributed by atoms with Crippen molar-refractivity contribution in [2.75, 3.05) is 36.0 Å². The maximum Gasteiger partial charge on any atom is 0.260 e. The van der Waals surface area contributed by atoms with Gasteiger partial charge in [-0.05, 0) is 37.3 Å². The summed E-state index contributed by atoms with van der Waals surface area (Å²) in [6.07, 6.45) is 3.33. The average Bonchev–Trinajstić information content (AvgIpc) is 2.75. The fourth-order valence-electron chi connectivity index (χ4n) is 3.87. The monoisotopic (exact) mass is 387 g/mol. The van der Waals surface area contributed by atoms with E-state index in [4.69, 9.17) is 4.98 Å². The Kier molecular flexibility index (Phi) is 4.12. The molecular formula is C21H21N7O. The third-order valence-corrected chi connectivity index (χ3v) is 5.41. The van der Waals surface area contributed by atoms with E-state index in [0.717, 1.165) is 60.1 Å². The lowest BCUT2D eigenvalue weighted by molar-refractivity contribution is 0.648. The van der Waals surface area contributed by atoms with Crippen LogP contribution in [0.5, 0.6) is 0 Å². The molecule has 0 atom stereocenters. The Hall–Kier alpha value is -3.55. The van der Waals surface area contributed by atoms with Crippen LogP contribution in [0.25, 0.3) is 21.9 Å². The minimum absolute atomic E-state index is 0.0222. The van der Waals surface area contributed by atoms with Crippen molar-refractivity contribution in [2.45, 2.75) is 6.92 Å². The van der Waals surface area contributed by atoms with E-state index >= 15 is 0 Å². The van der Waals surface area contributed by atoms with Gasteiger partial charge in [0, 0.05) is 45.1 Å². The standard InChI is InChI=1S/C21H21N7O/c1-14-24-19-17(4-3-7-22-19)20(25-14)28-10-8-27(9-11-28)15-5-6-16-18(12-15)23-13-26(2)21(16)29/h3-7,12-13H,8-11H2,1-2H3. The van der Waals surface area contributed by atoms with Crippen molar-refractivity contribution in [1.82, 2.24) is 24.5 Å². The molecule has 4 aromatic rings. The first kappa shape index (κ1) is 17.5. The molecular weight excluding hydrogens is 366 g/mol. The molecule has 1 fully saturated rings. The lowest BCUT2D eigenvalue weighted by Crippen LogP contribution is -2.47. The molecule has 4 heterocycles. The van der Waals surface area contributed by atoms with Gasteiger partial charge in [-0.3, -0.25) is 4.79 Å². The van der Waals surface area contributed by atoms with E-state index < -0.39 is 0 Å². The third kappa shape index (κ3) is 3.06. The molecule has 1 aromatic carbocycles. The summed E-state index contributed by atoms with van der Waals surface area (Å²) in [5.74, 6) is 1.68. The Morgan fingerprint density at radius 3 is 2.55 bits per heavy atom. The van der Waals surface area contributed by atoms with Gasteiger partial charge in [0.05, 0.1) is 22.6 Å². The fraction of sp³-hybridized carbons (Fsp3) is 0.286. The van der Waals surface area contributed by atoms with Crippen LogP contribution in [0.2, 0.25) is 0 Å². The molecule has 1 saturated heterocycles. The normalized spacial score (nSPS) is 14.7. The number of rotatable bonds is 2. The fourth-order valence-corrected chi connectivity index (χ4v) is 3.87. The lowest BCUT2D eigenvalue weighted by Gasteiger charge is -2.37. The van der Waals surface area contributed by atoms with E-state index in [1.54, 1.807) is 19.6 Å². The summed E-state index contributed by atoms with van der Waals surface area (Å²) >= 11 is 0. The second kappa shape index (κ2) is 6.80. The maximum absolute atomic E-state index is 12.2. The van der Waals surface area contributed by atoms with Gasteiger partial charge in [-0.15, -0.1) is 0 Å². The van der Waals surface area contributed by atoms with Crippen LogP contribution in [0.3, 0.4) is 0 Å². The maximum atomic E-state index is 12.2. The van der Waals surface area contributed by atoms with Crippen LogP contribution in [-0.4, -0.2) is 50.7 Å². The molecule has 0 spiro atoms. The number of hydrogen-bond donors (Lipinski definition) is 0. The largest absolute Gasteiger partial charge is 0.368 e. The van der Waals surface area contributed by atoms with E-state index in [1.807, 2.05) is 37.3 Å². The van der Waals surface area contributed by atoms with Crippen molar-refractivity contribution in [1.29, 1.82) is 0 Å². The molecule has 146 valence electrons. The predicted octanol–water partition coefficient (Wildman–Crippen LogP) is 1.91. The Morgan fingerprint density at radius 2 is 1.72 bits per heavy atom. The SMILES string of the molecule is Cc1nc(N2CCN(c3ccc4c(=O)n(C)cnc4c3)CC2)c2cccnc2n1. The van der Waals surface area contributed by atoms with Crippen molar-refractivity contribution in [3.05, 3.63) is 59.0 Å². The van der Waals surface area contributed by atoms with E-state index in [9.17, 15) is 4.79 Å². The van der Waals surface area contributed by atoms with Gasteiger partial charge in [-0.25, -0.2) is 19.9 Å². The minimum atomic E-state index is -0.0222. The van der Waals surface area contributed by atoms with Crippen LogP contribution in [0, 0.1) is 6.92 Å². The van der Waals surface area contributed by atoms with E-state index in [0.29, 0.717) is 5.39 Å². The van der Waals surface area contributed by atoms with Gasteiger partial charge in [0.25, 0.3) is 5.56 Å². The summed E-state index contributed by atoms with van der Waals surface area (Å²) in [6.45, 7) is 5.33. The number of anilines is 2. The summed E-state index contributed by atoms with van der Waals surface area (Å²) in [6, 6.07) is 9.83. The van der Waals surface area contributed by atoms with E-state index in [1.165, 1.54) is 4.57 Å². The summed E-state index contributed by atoms with van der Waals surface area (Å²) in [5, 5.41) is 1.63. The quantitative estimate of drug-likeness (QED) is 0.520. The number of aryl methyl sites for hydroxylation is 2. The van der Waals surface area contributed by atoms with Crippen molar-refractivity contribution in [2.24, 2.45) is 7.05 Å². The molecule has 8 nitrogen and oxygen atoms in total. The van der Waals surface area contributed by atoms with E-state index in [2.05, 4.69) is 24.8 Å². The Bertz CT molecular complexity index is 1280. The van der Waals surface area contributed by atoms with Gasteiger partial charge in [-0.2, -0.15) is 0 Å². The van der Waals surface area contributed by atoms with Crippen LogP contribution < -0.4 is 15.4 Å². The first-order valence-electron chi connectivity index (χ1n) is 9.65. The summed E-state index contributed by atoms with van der Waals surface area (Å²) < 4.78 is 1.50. The van der Waals surface area contributed by atoms with Gasteiger partial charge in [0.2, 0.25) is 0 Å². The van der Waals surface area contributed by atoms with Gasteiger partial charge in [0.15, 0.2) is 5.65 Å². The van der Waals surface area contributed by atoms with Crippen LogP contribution >= 0.6 is 0 Å². The second-order valence-electron chi connectivity index (χ2n) is 7.31. The zero-order valence-electron chi connectivity index (χ0n) is 16.4. The molecule has 0 radical (unpaired) electrons. The molecule has 1 aliphatic heterocycles. The number of benzene rings is 1. The minimum Gasteiger partial charge on any atom is -0.368 e. The highest BCUT2D eigenvalue weighted by Gasteiger charge is 2.21. The van der Waals surface area contributed by atoms with Crippen molar-refractivity contribution in [3.8, 4) is 0 Å². The second-order valence-corrected chi connectivity index (χ2v) is 7.31. The zero-order chi connectivity index (χ0) is 20.0. The summed E-state index contributed by atoms with van der Waals surface area (Å²) in [5.41, 5.74) is 2.53. The van der Waals surface area contributed by atoms with Gasteiger partial charge < -0.3 is 14.4 Å².